The molecule has 1 fully saturated rings. The molecule has 3 heteroatoms. The second kappa shape index (κ2) is 6.76. The second-order valence-corrected chi connectivity index (χ2v) is 5.00. The monoisotopic (exact) mass is 248 g/mol. The van der Waals surface area contributed by atoms with E-state index in [9.17, 15) is 0 Å². The predicted octanol–water partition coefficient (Wildman–Crippen LogP) is 2.93. The molecule has 100 valence electrons. The minimum Gasteiger partial charge on any atom is -0.468 e. The Bertz CT molecular complexity index is 368. The number of hydrogen-bond acceptors (Lipinski definition) is 3. The number of nitrogens with one attached hydrogen (secondary N) is 1. The molecule has 1 aliphatic carbocycles. The summed E-state index contributed by atoms with van der Waals surface area (Å²) in [4.78, 5) is 2.45. The second-order valence-electron chi connectivity index (χ2n) is 5.00. The maximum Gasteiger partial charge on any atom is 0.122 e. The van der Waals surface area contributed by atoms with Crippen LogP contribution >= 0.6 is 0 Å². The summed E-state index contributed by atoms with van der Waals surface area (Å²) in [7, 11) is 0. The molecule has 1 saturated carbocycles. The fraction of sp³-hybridized carbons (Fsp3) is 0.600. The van der Waals surface area contributed by atoms with Crippen LogP contribution in [0.5, 0.6) is 0 Å². The van der Waals surface area contributed by atoms with E-state index in [1.54, 1.807) is 6.26 Å². The van der Waals surface area contributed by atoms with Gasteiger partial charge in [-0.25, -0.2) is 0 Å². The van der Waals surface area contributed by atoms with Crippen molar-refractivity contribution >= 4 is 0 Å². The topological polar surface area (TPSA) is 28.4 Å². The standard InChI is InChI=1S/C15H24N2O/c1-3-8-16-11-13-7-10-18-15(13)12-17(9-4-2)14-5-6-14/h4,7,10,14,16H,2-3,5-6,8-9,11-12H2,1H3. The third-order valence-electron chi connectivity index (χ3n) is 3.35. The summed E-state index contributed by atoms with van der Waals surface area (Å²) in [6.45, 7) is 9.85. The molecule has 1 aromatic heterocycles. The third kappa shape index (κ3) is 3.72. The van der Waals surface area contributed by atoms with Crippen molar-refractivity contribution in [3.63, 3.8) is 0 Å². The molecule has 0 aliphatic heterocycles. The van der Waals surface area contributed by atoms with Crippen molar-refractivity contribution in [3.05, 3.63) is 36.3 Å². The van der Waals surface area contributed by atoms with Gasteiger partial charge in [-0.1, -0.05) is 13.0 Å². The molecule has 1 heterocycles. The van der Waals surface area contributed by atoms with Crippen LogP contribution in [0.15, 0.2) is 29.4 Å². The van der Waals surface area contributed by atoms with Gasteiger partial charge in [-0.2, -0.15) is 0 Å². The van der Waals surface area contributed by atoms with E-state index < -0.39 is 0 Å². The highest BCUT2D eigenvalue weighted by Crippen LogP contribution is 2.28. The third-order valence-corrected chi connectivity index (χ3v) is 3.35. The van der Waals surface area contributed by atoms with E-state index in [1.807, 2.05) is 6.08 Å². The van der Waals surface area contributed by atoms with Gasteiger partial charge in [0.05, 0.1) is 12.8 Å². The number of rotatable bonds is 9. The molecular weight excluding hydrogens is 224 g/mol. The van der Waals surface area contributed by atoms with Gasteiger partial charge in [0.25, 0.3) is 0 Å². The lowest BCUT2D eigenvalue weighted by Crippen LogP contribution is -2.26. The van der Waals surface area contributed by atoms with Crippen LogP contribution < -0.4 is 5.32 Å². The first-order valence-electron chi connectivity index (χ1n) is 6.96. The van der Waals surface area contributed by atoms with Crippen LogP contribution in [0.1, 0.15) is 37.5 Å². The van der Waals surface area contributed by atoms with Crippen molar-refractivity contribution in [1.82, 2.24) is 10.2 Å². The summed E-state index contributed by atoms with van der Waals surface area (Å²) in [5.74, 6) is 1.10. The molecule has 0 atom stereocenters. The highest BCUT2D eigenvalue weighted by Gasteiger charge is 2.29. The van der Waals surface area contributed by atoms with Crippen LogP contribution in [-0.4, -0.2) is 24.0 Å². The van der Waals surface area contributed by atoms with Crippen LogP contribution in [0.4, 0.5) is 0 Å². The first kappa shape index (κ1) is 13.4. The van der Waals surface area contributed by atoms with Crippen LogP contribution in [0.3, 0.4) is 0 Å². The van der Waals surface area contributed by atoms with Crippen LogP contribution in [0.2, 0.25) is 0 Å². The number of furan rings is 1. The molecule has 0 aromatic carbocycles. The van der Waals surface area contributed by atoms with Crippen molar-refractivity contribution in [2.24, 2.45) is 0 Å². The fourth-order valence-corrected chi connectivity index (χ4v) is 2.20. The smallest absolute Gasteiger partial charge is 0.122 e. The van der Waals surface area contributed by atoms with E-state index in [2.05, 4.69) is 29.8 Å². The van der Waals surface area contributed by atoms with Gasteiger partial charge in [-0.05, 0) is 31.9 Å². The molecule has 18 heavy (non-hydrogen) atoms. The molecule has 0 spiro atoms. The van der Waals surface area contributed by atoms with Crippen molar-refractivity contribution in [3.8, 4) is 0 Å². The summed E-state index contributed by atoms with van der Waals surface area (Å²) in [6.07, 6.45) is 7.58. The van der Waals surface area contributed by atoms with Crippen molar-refractivity contribution in [2.45, 2.75) is 45.3 Å². The Morgan fingerprint density at radius 3 is 3.06 bits per heavy atom. The first-order valence-corrected chi connectivity index (χ1v) is 6.96. The van der Waals surface area contributed by atoms with E-state index >= 15 is 0 Å². The van der Waals surface area contributed by atoms with E-state index in [0.29, 0.717) is 0 Å². The van der Waals surface area contributed by atoms with Gasteiger partial charge in [-0.3, -0.25) is 4.90 Å². The minimum atomic E-state index is 0.740. The van der Waals surface area contributed by atoms with Crippen LogP contribution in [0, 0.1) is 0 Å². The summed E-state index contributed by atoms with van der Waals surface area (Å²) < 4.78 is 5.63. The molecule has 0 saturated heterocycles. The minimum absolute atomic E-state index is 0.740. The summed E-state index contributed by atoms with van der Waals surface area (Å²) >= 11 is 0. The number of nitrogens with zero attached hydrogens (tertiary/aromatic N) is 1. The molecular formula is C15H24N2O. The van der Waals surface area contributed by atoms with Gasteiger partial charge >= 0.3 is 0 Å². The first-order chi connectivity index (χ1) is 8.85. The predicted molar refractivity (Wildman–Crippen MR) is 74.3 cm³/mol. The molecule has 2 rings (SSSR count). The number of hydrogen-bond donors (Lipinski definition) is 1. The van der Waals surface area contributed by atoms with E-state index in [1.165, 1.54) is 18.4 Å². The molecule has 0 amide bonds. The summed E-state index contributed by atoms with van der Waals surface area (Å²) in [6, 6.07) is 2.82. The Morgan fingerprint density at radius 2 is 2.39 bits per heavy atom. The SMILES string of the molecule is C=CCN(Cc1occc1CNCCC)C1CC1. The fourth-order valence-electron chi connectivity index (χ4n) is 2.20. The normalized spacial score (nSPS) is 15.2. The molecule has 1 N–H and O–H groups in total. The Labute approximate surface area is 110 Å². The average molecular weight is 248 g/mol. The van der Waals surface area contributed by atoms with E-state index in [4.69, 9.17) is 4.42 Å². The zero-order chi connectivity index (χ0) is 12.8. The highest BCUT2D eigenvalue weighted by atomic mass is 16.3. The van der Waals surface area contributed by atoms with Crippen molar-refractivity contribution < 1.29 is 4.42 Å². The van der Waals surface area contributed by atoms with Crippen molar-refractivity contribution in [2.75, 3.05) is 13.1 Å². The maximum atomic E-state index is 5.63. The van der Waals surface area contributed by atoms with Gasteiger partial charge in [0.1, 0.15) is 5.76 Å². The maximum absolute atomic E-state index is 5.63. The van der Waals surface area contributed by atoms with Gasteiger partial charge < -0.3 is 9.73 Å². The highest BCUT2D eigenvalue weighted by molar-refractivity contribution is 5.17. The zero-order valence-corrected chi connectivity index (χ0v) is 11.3. The molecule has 1 aliphatic rings. The van der Waals surface area contributed by atoms with E-state index in [0.717, 1.165) is 44.4 Å². The van der Waals surface area contributed by atoms with Crippen LogP contribution in [0.25, 0.3) is 0 Å². The summed E-state index contributed by atoms with van der Waals surface area (Å²) in [5, 5.41) is 3.43. The molecule has 3 nitrogen and oxygen atoms in total. The van der Waals surface area contributed by atoms with Gasteiger partial charge in [0, 0.05) is 24.7 Å². The lowest BCUT2D eigenvalue weighted by atomic mass is 10.2. The quantitative estimate of drug-likeness (QED) is 0.538. The zero-order valence-electron chi connectivity index (χ0n) is 11.3. The lowest BCUT2D eigenvalue weighted by molar-refractivity contribution is 0.257. The Hall–Kier alpha value is -1.06. The average Bonchev–Trinajstić information content (AvgIpc) is 3.12. The van der Waals surface area contributed by atoms with Gasteiger partial charge in [-0.15, -0.1) is 6.58 Å². The molecule has 0 bridgehead atoms. The Kier molecular flexibility index (Phi) is 5.02. The molecule has 1 aromatic rings. The van der Waals surface area contributed by atoms with Crippen molar-refractivity contribution in [1.29, 1.82) is 0 Å². The Balaban J connectivity index is 1.90. The van der Waals surface area contributed by atoms with Gasteiger partial charge in [0.2, 0.25) is 0 Å². The molecule has 0 unspecified atom stereocenters. The largest absolute Gasteiger partial charge is 0.468 e. The lowest BCUT2D eigenvalue weighted by Gasteiger charge is -2.19. The summed E-state index contributed by atoms with van der Waals surface area (Å²) in [5.41, 5.74) is 1.29. The molecule has 0 radical (unpaired) electrons. The Morgan fingerprint density at radius 1 is 1.56 bits per heavy atom. The van der Waals surface area contributed by atoms with E-state index in [-0.39, 0.29) is 0 Å². The van der Waals surface area contributed by atoms with Gasteiger partial charge in [0.15, 0.2) is 0 Å². The van der Waals surface area contributed by atoms with Crippen LogP contribution in [-0.2, 0) is 13.1 Å².